The highest BCUT2D eigenvalue weighted by Gasteiger charge is 2.29. The van der Waals surface area contributed by atoms with Crippen LogP contribution in [0.2, 0.25) is 0 Å². The molecule has 2 aromatic heterocycles. The molecule has 1 unspecified atom stereocenters. The third-order valence-electron chi connectivity index (χ3n) is 3.06. The third-order valence-corrected chi connectivity index (χ3v) is 3.75. The maximum absolute atomic E-state index is 12.1. The van der Waals surface area contributed by atoms with Gasteiger partial charge in [-0.05, 0) is 12.5 Å². The minimum absolute atomic E-state index is 0.0216. The zero-order valence-electron chi connectivity index (χ0n) is 10.2. The Morgan fingerprint density at radius 3 is 2.89 bits per heavy atom. The molecule has 0 bridgehead atoms. The van der Waals surface area contributed by atoms with E-state index in [1.165, 1.54) is 11.3 Å². The number of carbonyl (C=O) groups excluding carboxylic acids is 1. The highest BCUT2D eigenvalue weighted by atomic mass is 32.1. The largest absolute Gasteiger partial charge is 0.340 e. The van der Waals surface area contributed by atoms with Crippen molar-refractivity contribution in [3.05, 3.63) is 30.0 Å². The fourth-order valence-electron chi connectivity index (χ4n) is 2.10. The van der Waals surface area contributed by atoms with Crippen LogP contribution < -0.4 is 10.2 Å². The molecule has 1 atom stereocenters. The molecule has 1 aliphatic heterocycles. The molecule has 0 aliphatic carbocycles. The summed E-state index contributed by atoms with van der Waals surface area (Å²) in [6, 6.07) is 1.78. The average molecular weight is 275 g/mol. The summed E-state index contributed by atoms with van der Waals surface area (Å²) < 4.78 is 0. The van der Waals surface area contributed by atoms with E-state index in [-0.39, 0.29) is 11.8 Å². The molecular weight excluding hydrogens is 262 g/mol. The second-order valence-electron chi connectivity index (χ2n) is 4.31. The average Bonchev–Trinajstić information content (AvgIpc) is 3.10. The molecule has 1 N–H and O–H groups in total. The molecule has 98 valence electrons. The van der Waals surface area contributed by atoms with E-state index in [1.807, 2.05) is 10.3 Å². The fourth-order valence-corrected chi connectivity index (χ4v) is 2.63. The second-order valence-corrected chi connectivity index (χ2v) is 5.20. The number of rotatable bonds is 3. The molecule has 0 radical (unpaired) electrons. The molecule has 6 nitrogen and oxygen atoms in total. The van der Waals surface area contributed by atoms with Gasteiger partial charge in [0.05, 0.1) is 5.92 Å². The molecule has 7 heteroatoms. The van der Waals surface area contributed by atoms with Crippen molar-refractivity contribution in [2.75, 3.05) is 23.3 Å². The Hall–Kier alpha value is -2.02. The number of hydrogen-bond donors (Lipinski definition) is 1. The monoisotopic (exact) mass is 275 g/mol. The molecule has 1 fully saturated rings. The third kappa shape index (κ3) is 2.70. The molecule has 0 spiro atoms. The number of aromatic nitrogens is 3. The predicted octanol–water partition coefficient (Wildman–Crippen LogP) is 1.40. The molecule has 2 aromatic rings. The Labute approximate surface area is 114 Å². The van der Waals surface area contributed by atoms with E-state index in [0.29, 0.717) is 17.6 Å². The van der Waals surface area contributed by atoms with E-state index in [1.54, 1.807) is 24.7 Å². The van der Waals surface area contributed by atoms with Gasteiger partial charge in [-0.1, -0.05) is 0 Å². The van der Waals surface area contributed by atoms with Crippen LogP contribution in [0.15, 0.2) is 30.0 Å². The minimum Gasteiger partial charge on any atom is -0.340 e. The molecule has 1 saturated heterocycles. The van der Waals surface area contributed by atoms with Gasteiger partial charge in [0.25, 0.3) is 0 Å². The molecular formula is C12H13N5OS. The van der Waals surface area contributed by atoms with Crippen LogP contribution in [0, 0.1) is 5.92 Å². The Balaban J connectivity index is 1.61. The van der Waals surface area contributed by atoms with Gasteiger partial charge in [-0.2, -0.15) is 0 Å². The summed E-state index contributed by atoms with van der Waals surface area (Å²) in [6.45, 7) is 1.46. The summed E-state index contributed by atoms with van der Waals surface area (Å²) in [4.78, 5) is 26.6. The van der Waals surface area contributed by atoms with E-state index in [2.05, 4.69) is 20.3 Å². The van der Waals surface area contributed by atoms with Crippen LogP contribution in [0.1, 0.15) is 6.42 Å². The highest BCUT2D eigenvalue weighted by Crippen LogP contribution is 2.22. The van der Waals surface area contributed by atoms with Crippen LogP contribution >= 0.6 is 11.3 Å². The Bertz CT molecular complexity index is 545. The smallest absolute Gasteiger partial charge is 0.231 e. The number of thiazole rings is 1. The van der Waals surface area contributed by atoms with E-state index < -0.39 is 0 Å². The first-order valence-electron chi connectivity index (χ1n) is 6.05. The van der Waals surface area contributed by atoms with Crippen molar-refractivity contribution in [2.24, 2.45) is 5.92 Å². The summed E-state index contributed by atoms with van der Waals surface area (Å²) in [5, 5.41) is 5.33. The zero-order chi connectivity index (χ0) is 13.1. The van der Waals surface area contributed by atoms with Crippen molar-refractivity contribution in [1.82, 2.24) is 15.0 Å². The summed E-state index contributed by atoms with van der Waals surface area (Å²) in [6.07, 6.45) is 5.92. The lowest BCUT2D eigenvalue weighted by Crippen LogP contribution is -2.27. The lowest BCUT2D eigenvalue weighted by atomic mass is 10.1. The van der Waals surface area contributed by atoms with Crippen LogP contribution in [0.25, 0.3) is 0 Å². The van der Waals surface area contributed by atoms with Gasteiger partial charge in [-0.3, -0.25) is 4.79 Å². The number of nitrogens with zero attached hydrogens (tertiary/aromatic N) is 4. The molecule has 0 aromatic carbocycles. The van der Waals surface area contributed by atoms with Gasteiger partial charge < -0.3 is 10.2 Å². The van der Waals surface area contributed by atoms with E-state index in [4.69, 9.17) is 0 Å². The maximum atomic E-state index is 12.1. The first-order chi connectivity index (χ1) is 9.33. The predicted molar refractivity (Wildman–Crippen MR) is 73.1 cm³/mol. The number of carbonyl (C=O) groups is 1. The lowest BCUT2D eigenvalue weighted by molar-refractivity contribution is -0.119. The van der Waals surface area contributed by atoms with Crippen molar-refractivity contribution in [3.63, 3.8) is 0 Å². The molecule has 19 heavy (non-hydrogen) atoms. The van der Waals surface area contributed by atoms with Gasteiger partial charge in [-0.25, -0.2) is 15.0 Å². The van der Waals surface area contributed by atoms with Crippen molar-refractivity contribution < 1.29 is 4.79 Å². The van der Waals surface area contributed by atoms with Crippen LogP contribution in [0.4, 0.5) is 11.1 Å². The second kappa shape index (κ2) is 5.31. The van der Waals surface area contributed by atoms with Crippen molar-refractivity contribution >= 4 is 28.3 Å². The fraction of sp³-hybridized carbons (Fsp3) is 0.333. The Morgan fingerprint density at radius 1 is 1.32 bits per heavy atom. The van der Waals surface area contributed by atoms with Gasteiger partial charge in [0.15, 0.2) is 5.13 Å². The van der Waals surface area contributed by atoms with Crippen LogP contribution in [0.5, 0.6) is 0 Å². The van der Waals surface area contributed by atoms with E-state index in [0.717, 1.165) is 13.0 Å². The number of hydrogen-bond acceptors (Lipinski definition) is 6. The normalized spacial score (nSPS) is 18.5. The van der Waals surface area contributed by atoms with Crippen molar-refractivity contribution in [1.29, 1.82) is 0 Å². The molecule has 3 heterocycles. The summed E-state index contributed by atoms with van der Waals surface area (Å²) >= 11 is 1.43. The topological polar surface area (TPSA) is 71.0 Å². The van der Waals surface area contributed by atoms with E-state index in [9.17, 15) is 4.79 Å². The molecule has 0 saturated carbocycles. The number of anilines is 2. The number of nitrogens with one attached hydrogen (secondary N) is 1. The van der Waals surface area contributed by atoms with Crippen molar-refractivity contribution in [2.45, 2.75) is 6.42 Å². The van der Waals surface area contributed by atoms with Crippen LogP contribution in [-0.2, 0) is 4.79 Å². The maximum Gasteiger partial charge on any atom is 0.231 e. The molecule has 3 rings (SSSR count). The first-order valence-corrected chi connectivity index (χ1v) is 6.93. The minimum atomic E-state index is -0.0345. The molecule has 1 amide bonds. The van der Waals surface area contributed by atoms with Crippen LogP contribution in [-0.4, -0.2) is 33.9 Å². The Morgan fingerprint density at radius 2 is 2.16 bits per heavy atom. The summed E-state index contributed by atoms with van der Waals surface area (Å²) in [7, 11) is 0. The lowest BCUT2D eigenvalue weighted by Gasteiger charge is -2.15. The van der Waals surface area contributed by atoms with Crippen molar-refractivity contribution in [3.8, 4) is 0 Å². The summed E-state index contributed by atoms with van der Waals surface area (Å²) in [5.41, 5.74) is 0. The number of amides is 1. The SMILES string of the molecule is O=C(Nc1nccs1)C1CCN(c2ncccn2)C1. The highest BCUT2D eigenvalue weighted by molar-refractivity contribution is 7.13. The van der Waals surface area contributed by atoms with Crippen LogP contribution in [0.3, 0.4) is 0 Å². The standard InChI is InChI=1S/C12H13N5OS/c18-10(16-12-15-5-7-19-12)9-2-6-17(8-9)11-13-3-1-4-14-11/h1,3-5,7,9H,2,6,8H2,(H,15,16,18). The van der Waals surface area contributed by atoms with Gasteiger partial charge >= 0.3 is 0 Å². The van der Waals surface area contributed by atoms with Gasteiger partial charge in [0.1, 0.15) is 0 Å². The van der Waals surface area contributed by atoms with Gasteiger partial charge in [0, 0.05) is 37.1 Å². The zero-order valence-corrected chi connectivity index (χ0v) is 11.0. The first kappa shape index (κ1) is 12.0. The Kier molecular flexibility index (Phi) is 3.37. The molecule has 1 aliphatic rings. The quantitative estimate of drug-likeness (QED) is 0.916. The summed E-state index contributed by atoms with van der Waals surface area (Å²) in [5.74, 6) is 0.674. The van der Waals surface area contributed by atoms with Gasteiger partial charge in [0.2, 0.25) is 11.9 Å². The van der Waals surface area contributed by atoms with E-state index >= 15 is 0 Å². The van der Waals surface area contributed by atoms with Gasteiger partial charge in [-0.15, -0.1) is 11.3 Å².